The van der Waals surface area contributed by atoms with Crippen molar-refractivity contribution in [3.8, 4) is 17.7 Å². The maximum Gasteiger partial charge on any atom is 0.214 e. The number of ether oxygens (including phenoxy) is 1. The second-order valence-electron chi connectivity index (χ2n) is 2.02. The average Bonchev–Trinajstić information content (AvgIpc) is 2.15. The molecule has 0 atom stereocenters. The van der Waals surface area contributed by atoms with E-state index in [1.165, 1.54) is 0 Å². The van der Waals surface area contributed by atoms with E-state index in [0.29, 0.717) is 11.2 Å². The van der Waals surface area contributed by atoms with Gasteiger partial charge < -0.3 is 4.74 Å². The van der Waals surface area contributed by atoms with Gasteiger partial charge in [0.15, 0.2) is 0 Å². The molecule has 0 aliphatic rings. The minimum Gasteiger partial charge on any atom is -0.481 e. The molecule has 0 N–H and O–H groups in total. The van der Waals surface area contributed by atoms with E-state index in [0.717, 1.165) is 5.56 Å². The van der Waals surface area contributed by atoms with Crippen LogP contribution in [0.1, 0.15) is 5.56 Å². The van der Waals surface area contributed by atoms with Crippen LogP contribution in [-0.4, -0.2) is 17.4 Å². The molecule has 0 aromatic carbocycles. The Morgan fingerprint density at radius 2 is 2.50 bits per heavy atom. The van der Waals surface area contributed by atoms with E-state index in [1.54, 1.807) is 19.4 Å². The highest BCUT2D eigenvalue weighted by molar-refractivity contribution is 9.09. The first-order chi connectivity index (χ1) is 5.86. The van der Waals surface area contributed by atoms with Crippen molar-refractivity contribution < 1.29 is 4.74 Å². The molecule has 0 saturated carbocycles. The molecule has 0 radical (unpaired) electrons. The Labute approximate surface area is 80.1 Å². The lowest BCUT2D eigenvalue weighted by atomic mass is 10.3. The third-order valence-corrected chi connectivity index (χ3v) is 1.52. The molecule has 62 valence electrons. The predicted molar refractivity (Wildman–Crippen MR) is 51.5 cm³/mol. The van der Waals surface area contributed by atoms with E-state index in [4.69, 9.17) is 4.74 Å². The van der Waals surface area contributed by atoms with E-state index in [9.17, 15) is 0 Å². The number of halogens is 1. The second kappa shape index (κ2) is 4.78. The molecular formula is C9H8BrNO. The minimum atomic E-state index is 0.594. The van der Waals surface area contributed by atoms with Gasteiger partial charge in [-0.2, -0.15) is 0 Å². The number of nitrogens with zero attached hydrogens (tertiary/aromatic N) is 1. The molecule has 0 spiro atoms. The van der Waals surface area contributed by atoms with Crippen LogP contribution in [0.3, 0.4) is 0 Å². The zero-order valence-electron chi connectivity index (χ0n) is 6.67. The summed E-state index contributed by atoms with van der Waals surface area (Å²) in [6.07, 6.45) is 1.68. The monoisotopic (exact) mass is 225 g/mol. The van der Waals surface area contributed by atoms with Gasteiger partial charge in [-0.05, 0) is 6.07 Å². The van der Waals surface area contributed by atoms with Gasteiger partial charge in [0, 0.05) is 17.8 Å². The van der Waals surface area contributed by atoms with Gasteiger partial charge in [0.25, 0.3) is 0 Å². The molecule has 0 amide bonds. The van der Waals surface area contributed by atoms with Crippen LogP contribution in [-0.2, 0) is 0 Å². The van der Waals surface area contributed by atoms with Crippen molar-refractivity contribution in [2.24, 2.45) is 0 Å². The van der Waals surface area contributed by atoms with E-state index in [1.807, 2.05) is 6.07 Å². The number of hydrogen-bond acceptors (Lipinski definition) is 2. The second-order valence-corrected chi connectivity index (χ2v) is 2.58. The molecule has 1 heterocycles. The lowest BCUT2D eigenvalue weighted by Gasteiger charge is -1.96. The van der Waals surface area contributed by atoms with Crippen molar-refractivity contribution in [1.82, 2.24) is 4.98 Å². The van der Waals surface area contributed by atoms with Gasteiger partial charge in [0.1, 0.15) is 0 Å². The Balaban J connectivity index is 2.86. The Kier molecular flexibility index (Phi) is 3.62. The summed E-state index contributed by atoms with van der Waals surface area (Å²) in [5.41, 5.74) is 0.918. The molecule has 0 unspecified atom stereocenters. The first-order valence-corrected chi connectivity index (χ1v) is 4.54. The van der Waals surface area contributed by atoms with Crippen LogP contribution in [0.25, 0.3) is 0 Å². The summed E-state index contributed by atoms with van der Waals surface area (Å²) in [4.78, 5) is 3.96. The number of alkyl halides is 1. The fourth-order valence-electron chi connectivity index (χ4n) is 0.734. The number of aromatic nitrogens is 1. The topological polar surface area (TPSA) is 22.1 Å². The highest BCUT2D eigenvalue weighted by atomic mass is 79.9. The lowest BCUT2D eigenvalue weighted by Crippen LogP contribution is -1.86. The van der Waals surface area contributed by atoms with E-state index in [2.05, 4.69) is 32.8 Å². The molecule has 0 aliphatic heterocycles. The van der Waals surface area contributed by atoms with Gasteiger partial charge in [-0.25, -0.2) is 4.98 Å². The molecule has 3 heteroatoms. The van der Waals surface area contributed by atoms with Crippen molar-refractivity contribution in [3.05, 3.63) is 23.9 Å². The Morgan fingerprint density at radius 3 is 3.17 bits per heavy atom. The van der Waals surface area contributed by atoms with Crippen LogP contribution in [0.2, 0.25) is 0 Å². The van der Waals surface area contributed by atoms with Crippen LogP contribution in [0.15, 0.2) is 18.3 Å². The Morgan fingerprint density at radius 1 is 1.67 bits per heavy atom. The maximum absolute atomic E-state index is 4.94. The number of rotatable bonds is 1. The SMILES string of the molecule is COc1cc(C#CCBr)ccn1. The fraction of sp³-hybridized carbons (Fsp3) is 0.222. The molecular weight excluding hydrogens is 218 g/mol. The quantitative estimate of drug-likeness (QED) is 0.538. The molecule has 1 rings (SSSR count). The van der Waals surface area contributed by atoms with Crippen LogP contribution in [0.5, 0.6) is 5.88 Å². The molecule has 1 aromatic heterocycles. The lowest BCUT2D eigenvalue weighted by molar-refractivity contribution is 0.398. The first kappa shape index (κ1) is 9.08. The summed E-state index contributed by atoms with van der Waals surface area (Å²) >= 11 is 3.22. The molecule has 2 nitrogen and oxygen atoms in total. The highest BCUT2D eigenvalue weighted by Crippen LogP contribution is 2.06. The zero-order valence-corrected chi connectivity index (χ0v) is 8.26. The van der Waals surface area contributed by atoms with Crippen molar-refractivity contribution in [3.63, 3.8) is 0 Å². The van der Waals surface area contributed by atoms with Gasteiger partial charge in [-0.15, -0.1) is 0 Å². The standard InChI is InChI=1S/C9H8BrNO/c1-12-9-7-8(3-2-5-10)4-6-11-9/h4,6-7H,5H2,1H3. The molecule has 0 saturated heterocycles. The smallest absolute Gasteiger partial charge is 0.214 e. The number of hydrogen-bond donors (Lipinski definition) is 0. The third kappa shape index (κ3) is 2.55. The summed E-state index contributed by atoms with van der Waals surface area (Å²) < 4.78 is 4.94. The summed E-state index contributed by atoms with van der Waals surface area (Å²) in [7, 11) is 1.59. The highest BCUT2D eigenvalue weighted by Gasteiger charge is 1.91. The van der Waals surface area contributed by atoms with E-state index >= 15 is 0 Å². The number of methoxy groups -OCH3 is 1. The predicted octanol–water partition coefficient (Wildman–Crippen LogP) is 1.84. The minimum absolute atomic E-state index is 0.594. The van der Waals surface area contributed by atoms with Crippen molar-refractivity contribution in [1.29, 1.82) is 0 Å². The normalized spacial score (nSPS) is 8.50. The van der Waals surface area contributed by atoms with Gasteiger partial charge in [0.2, 0.25) is 5.88 Å². The van der Waals surface area contributed by atoms with Crippen LogP contribution < -0.4 is 4.74 Å². The van der Waals surface area contributed by atoms with E-state index < -0.39 is 0 Å². The first-order valence-electron chi connectivity index (χ1n) is 3.41. The molecule has 12 heavy (non-hydrogen) atoms. The fourth-order valence-corrected chi connectivity index (χ4v) is 0.874. The van der Waals surface area contributed by atoms with Crippen LogP contribution >= 0.6 is 15.9 Å². The van der Waals surface area contributed by atoms with Crippen molar-refractivity contribution in [2.75, 3.05) is 12.4 Å². The van der Waals surface area contributed by atoms with Crippen LogP contribution in [0.4, 0.5) is 0 Å². The summed E-state index contributed by atoms with van der Waals surface area (Å²) in [5.74, 6) is 6.45. The summed E-state index contributed by atoms with van der Waals surface area (Å²) in [6.45, 7) is 0. The van der Waals surface area contributed by atoms with Gasteiger partial charge >= 0.3 is 0 Å². The largest absolute Gasteiger partial charge is 0.481 e. The van der Waals surface area contributed by atoms with Crippen LogP contribution in [0, 0.1) is 11.8 Å². The summed E-state index contributed by atoms with van der Waals surface area (Å²) in [6, 6.07) is 3.65. The molecule has 0 aliphatic carbocycles. The molecule has 1 aromatic rings. The zero-order chi connectivity index (χ0) is 8.81. The molecule has 0 bridgehead atoms. The van der Waals surface area contributed by atoms with Gasteiger partial charge in [0.05, 0.1) is 12.4 Å². The van der Waals surface area contributed by atoms with Crippen molar-refractivity contribution >= 4 is 15.9 Å². The van der Waals surface area contributed by atoms with E-state index in [-0.39, 0.29) is 0 Å². The number of pyridine rings is 1. The third-order valence-electron chi connectivity index (χ3n) is 1.24. The maximum atomic E-state index is 4.94. The Bertz CT molecular complexity index is 314. The van der Waals surface area contributed by atoms with Gasteiger partial charge in [-0.3, -0.25) is 0 Å². The average molecular weight is 226 g/mol. The van der Waals surface area contributed by atoms with Crippen molar-refractivity contribution in [2.45, 2.75) is 0 Å². The van der Waals surface area contributed by atoms with Gasteiger partial charge in [-0.1, -0.05) is 27.8 Å². The molecule has 0 fully saturated rings. The summed E-state index contributed by atoms with van der Waals surface area (Å²) in [5, 5.41) is 0.678. The Hall–Kier alpha value is -1.01.